The molecule has 0 N–H and O–H groups in total. The van der Waals surface area contributed by atoms with Gasteiger partial charge in [-0.2, -0.15) is 0 Å². The van der Waals surface area contributed by atoms with Crippen molar-refractivity contribution in [1.29, 1.82) is 0 Å². The van der Waals surface area contributed by atoms with Crippen molar-refractivity contribution in [2.24, 2.45) is 0 Å². The van der Waals surface area contributed by atoms with Crippen molar-refractivity contribution < 1.29 is 4.74 Å². The number of hydrogen-bond donors (Lipinski definition) is 0. The fraction of sp³-hybridized carbons (Fsp3) is 0.167. The van der Waals surface area contributed by atoms with Gasteiger partial charge in [0.1, 0.15) is 5.75 Å². The van der Waals surface area contributed by atoms with Gasteiger partial charge in [0.2, 0.25) is 5.88 Å². The van der Waals surface area contributed by atoms with E-state index in [4.69, 9.17) is 4.74 Å². The van der Waals surface area contributed by atoms with Crippen LogP contribution in [0.5, 0.6) is 11.6 Å². The van der Waals surface area contributed by atoms with Gasteiger partial charge in [-0.15, -0.1) is 0 Å². The summed E-state index contributed by atoms with van der Waals surface area (Å²) in [5.74, 6) is 1.95. The van der Waals surface area contributed by atoms with Crippen molar-refractivity contribution >= 4 is 10.8 Å². The van der Waals surface area contributed by atoms with Crippen LogP contribution in [0.4, 0.5) is 0 Å². The predicted octanol–water partition coefficient (Wildman–Crippen LogP) is 5.15. The van der Waals surface area contributed by atoms with Gasteiger partial charge >= 0.3 is 0 Å². The number of pyridine rings is 1. The second-order valence-electron chi connectivity index (χ2n) is 5.20. The lowest BCUT2D eigenvalue weighted by Crippen LogP contribution is -1.90. The maximum Gasteiger partial charge on any atom is 0.219 e. The minimum absolute atomic E-state index is 0.519. The smallest absolute Gasteiger partial charge is 0.219 e. The molecule has 0 saturated heterocycles. The number of aromatic nitrogens is 1. The highest BCUT2D eigenvalue weighted by molar-refractivity contribution is 5.83. The topological polar surface area (TPSA) is 22.1 Å². The zero-order valence-corrected chi connectivity index (χ0v) is 11.7. The molecule has 2 heteroatoms. The minimum atomic E-state index is 0.519. The third-order valence-electron chi connectivity index (χ3n) is 3.35. The molecule has 0 radical (unpaired) electrons. The highest BCUT2D eigenvalue weighted by atomic mass is 16.5. The molecule has 0 spiro atoms. The number of nitrogens with zero attached hydrogens (tertiary/aromatic N) is 1. The number of rotatable bonds is 3. The Morgan fingerprint density at radius 3 is 2.45 bits per heavy atom. The summed E-state index contributed by atoms with van der Waals surface area (Å²) in [6.07, 6.45) is 1.86. The first-order chi connectivity index (χ1) is 9.72. The molecule has 0 amide bonds. The third-order valence-corrected chi connectivity index (χ3v) is 3.35. The Hall–Kier alpha value is -2.35. The van der Waals surface area contributed by atoms with Crippen LogP contribution in [0.15, 0.2) is 60.8 Å². The summed E-state index contributed by atoms with van der Waals surface area (Å²) in [5.41, 5.74) is 1.33. The van der Waals surface area contributed by atoms with Gasteiger partial charge in [-0.25, -0.2) is 4.98 Å². The van der Waals surface area contributed by atoms with Crippen LogP contribution in [-0.4, -0.2) is 4.98 Å². The van der Waals surface area contributed by atoms with Crippen LogP contribution in [0.1, 0.15) is 25.3 Å². The monoisotopic (exact) mass is 263 g/mol. The Kier molecular flexibility index (Phi) is 3.38. The molecule has 2 nitrogen and oxygen atoms in total. The first-order valence-corrected chi connectivity index (χ1v) is 6.85. The first kappa shape index (κ1) is 12.7. The Balaban J connectivity index is 1.96. The molecule has 0 saturated carbocycles. The van der Waals surface area contributed by atoms with Crippen LogP contribution in [0.3, 0.4) is 0 Å². The summed E-state index contributed by atoms with van der Waals surface area (Å²) in [6.45, 7) is 4.40. The van der Waals surface area contributed by atoms with E-state index < -0.39 is 0 Å². The molecule has 3 aromatic rings. The van der Waals surface area contributed by atoms with Gasteiger partial charge in [0.05, 0.1) is 0 Å². The van der Waals surface area contributed by atoms with Gasteiger partial charge in [0.25, 0.3) is 0 Å². The fourth-order valence-electron chi connectivity index (χ4n) is 2.16. The Labute approximate surface area is 119 Å². The standard InChI is InChI=1S/C18H17NO/c1-13(2)14-8-9-15-12-19-18(11-16(15)10-14)20-17-6-4-3-5-7-17/h3-13H,1-2H3. The second kappa shape index (κ2) is 5.33. The Bertz CT molecular complexity index is 720. The van der Waals surface area contributed by atoms with Crippen LogP contribution < -0.4 is 4.74 Å². The van der Waals surface area contributed by atoms with Gasteiger partial charge in [-0.3, -0.25) is 0 Å². The van der Waals surface area contributed by atoms with E-state index in [0.717, 1.165) is 16.5 Å². The molecule has 2 aromatic carbocycles. The molecule has 0 atom stereocenters. The average molecular weight is 263 g/mol. The SMILES string of the molecule is CC(C)c1ccc2cnc(Oc3ccccc3)cc2c1. The molecular formula is C18H17NO. The van der Waals surface area contributed by atoms with Gasteiger partial charge in [0.15, 0.2) is 0 Å². The number of benzene rings is 2. The van der Waals surface area contributed by atoms with Crippen LogP contribution in [-0.2, 0) is 0 Å². The lowest BCUT2D eigenvalue weighted by molar-refractivity contribution is 0.464. The van der Waals surface area contributed by atoms with Crippen LogP contribution >= 0.6 is 0 Å². The van der Waals surface area contributed by atoms with E-state index in [0.29, 0.717) is 11.8 Å². The lowest BCUT2D eigenvalue weighted by Gasteiger charge is -2.08. The van der Waals surface area contributed by atoms with E-state index in [-0.39, 0.29) is 0 Å². The number of fused-ring (bicyclic) bond motifs is 1. The summed E-state index contributed by atoms with van der Waals surface area (Å²) in [5, 5.41) is 2.30. The normalized spacial score (nSPS) is 10.9. The van der Waals surface area contributed by atoms with Crippen molar-refractivity contribution in [3.8, 4) is 11.6 Å². The molecule has 100 valence electrons. The van der Waals surface area contributed by atoms with E-state index in [1.165, 1.54) is 5.56 Å². The molecule has 1 heterocycles. The molecule has 20 heavy (non-hydrogen) atoms. The largest absolute Gasteiger partial charge is 0.439 e. The molecule has 3 rings (SSSR count). The van der Waals surface area contributed by atoms with E-state index in [1.807, 2.05) is 42.6 Å². The maximum atomic E-state index is 5.78. The van der Waals surface area contributed by atoms with Crippen LogP contribution in [0.25, 0.3) is 10.8 Å². The maximum absolute atomic E-state index is 5.78. The fourth-order valence-corrected chi connectivity index (χ4v) is 2.16. The first-order valence-electron chi connectivity index (χ1n) is 6.85. The molecule has 0 aliphatic rings. The van der Waals surface area contributed by atoms with E-state index in [9.17, 15) is 0 Å². The van der Waals surface area contributed by atoms with Crippen molar-refractivity contribution in [2.45, 2.75) is 19.8 Å². The molecule has 0 bridgehead atoms. The Morgan fingerprint density at radius 2 is 1.70 bits per heavy atom. The van der Waals surface area contributed by atoms with Crippen molar-refractivity contribution in [2.75, 3.05) is 0 Å². The van der Waals surface area contributed by atoms with Gasteiger partial charge in [0, 0.05) is 17.6 Å². The third kappa shape index (κ3) is 2.64. The summed E-state index contributed by atoms with van der Waals surface area (Å²) in [4.78, 5) is 4.35. The quantitative estimate of drug-likeness (QED) is 0.652. The van der Waals surface area contributed by atoms with Crippen LogP contribution in [0.2, 0.25) is 0 Å². The van der Waals surface area contributed by atoms with Gasteiger partial charge in [-0.05, 0) is 29.0 Å². The molecule has 0 fully saturated rings. The zero-order valence-electron chi connectivity index (χ0n) is 11.7. The number of ether oxygens (including phenoxy) is 1. The summed E-state index contributed by atoms with van der Waals surface area (Å²) >= 11 is 0. The van der Waals surface area contributed by atoms with E-state index >= 15 is 0 Å². The van der Waals surface area contributed by atoms with Gasteiger partial charge in [-0.1, -0.05) is 50.2 Å². The van der Waals surface area contributed by atoms with Crippen molar-refractivity contribution in [3.05, 3.63) is 66.4 Å². The molecular weight excluding hydrogens is 246 g/mol. The Morgan fingerprint density at radius 1 is 0.900 bits per heavy atom. The summed E-state index contributed by atoms with van der Waals surface area (Å²) < 4.78 is 5.78. The van der Waals surface area contributed by atoms with E-state index in [2.05, 4.69) is 37.0 Å². The minimum Gasteiger partial charge on any atom is -0.439 e. The number of para-hydroxylation sites is 1. The summed E-state index contributed by atoms with van der Waals surface area (Å²) in [7, 11) is 0. The number of hydrogen-bond acceptors (Lipinski definition) is 2. The van der Waals surface area contributed by atoms with Gasteiger partial charge < -0.3 is 4.74 Å². The molecule has 0 unspecified atom stereocenters. The molecule has 0 aliphatic heterocycles. The highest BCUT2D eigenvalue weighted by Gasteiger charge is 2.04. The predicted molar refractivity (Wildman–Crippen MR) is 82.3 cm³/mol. The lowest BCUT2D eigenvalue weighted by atomic mass is 10.0. The molecule has 1 aromatic heterocycles. The second-order valence-corrected chi connectivity index (χ2v) is 5.20. The molecule has 0 aliphatic carbocycles. The highest BCUT2D eigenvalue weighted by Crippen LogP contribution is 2.25. The van der Waals surface area contributed by atoms with Crippen molar-refractivity contribution in [3.63, 3.8) is 0 Å². The average Bonchev–Trinajstić information content (AvgIpc) is 2.47. The van der Waals surface area contributed by atoms with Crippen molar-refractivity contribution in [1.82, 2.24) is 4.98 Å². The van der Waals surface area contributed by atoms with E-state index in [1.54, 1.807) is 0 Å². The zero-order chi connectivity index (χ0) is 13.9. The summed E-state index contributed by atoms with van der Waals surface area (Å²) in [6, 6.07) is 18.2. The van der Waals surface area contributed by atoms with Crippen LogP contribution in [0, 0.1) is 0 Å².